The molecule has 0 saturated carbocycles. The molecule has 2 heterocycles. The molecule has 1 unspecified atom stereocenters. The SMILES string of the molecule is CC1c2ccsc2CCN1C(c1ccccc1)(c1ccccc1)c1ccccc1. The molecule has 1 nitrogen and oxygen atoms in total. The monoisotopic (exact) mass is 395 g/mol. The second-order valence-electron chi connectivity index (χ2n) is 7.73. The number of hydrogen-bond acceptors (Lipinski definition) is 2. The first-order valence-corrected chi connectivity index (χ1v) is 11.2. The Balaban J connectivity index is 1.82. The summed E-state index contributed by atoms with van der Waals surface area (Å²) < 4.78 is 0. The first-order chi connectivity index (χ1) is 14.3. The van der Waals surface area contributed by atoms with Crippen LogP contribution in [0.3, 0.4) is 0 Å². The average Bonchev–Trinajstić information content (AvgIpc) is 3.28. The fourth-order valence-corrected chi connectivity index (χ4v) is 5.97. The number of hydrogen-bond donors (Lipinski definition) is 0. The Hall–Kier alpha value is -2.68. The molecule has 0 amide bonds. The van der Waals surface area contributed by atoms with Crippen molar-refractivity contribution in [1.82, 2.24) is 4.90 Å². The van der Waals surface area contributed by atoms with Gasteiger partial charge in [0.05, 0.1) is 5.54 Å². The lowest BCUT2D eigenvalue weighted by Gasteiger charge is -2.50. The Kier molecular flexibility index (Phi) is 4.83. The highest BCUT2D eigenvalue weighted by molar-refractivity contribution is 7.10. The van der Waals surface area contributed by atoms with Crippen LogP contribution in [-0.4, -0.2) is 11.4 Å². The molecule has 4 aromatic rings. The maximum atomic E-state index is 2.71. The molecule has 144 valence electrons. The number of nitrogens with zero attached hydrogens (tertiary/aromatic N) is 1. The van der Waals surface area contributed by atoms with Gasteiger partial charge in [-0.15, -0.1) is 11.3 Å². The Morgan fingerprint density at radius 3 is 1.69 bits per heavy atom. The third-order valence-corrected chi connectivity index (χ3v) is 7.28. The summed E-state index contributed by atoms with van der Waals surface area (Å²) in [6.45, 7) is 3.40. The summed E-state index contributed by atoms with van der Waals surface area (Å²) in [7, 11) is 0. The molecule has 5 rings (SSSR count). The minimum atomic E-state index is -0.331. The molecular formula is C27H25NS. The minimum Gasteiger partial charge on any atom is -0.279 e. The van der Waals surface area contributed by atoms with E-state index >= 15 is 0 Å². The molecule has 0 radical (unpaired) electrons. The van der Waals surface area contributed by atoms with Gasteiger partial charge in [0.15, 0.2) is 0 Å². The van der Waals surface area contributed by atoms with Gasteiger partial charge in [-0.25, -0.2) is 0 Å². The summed E-state index contributed by atoms with van der Waals surface area (Å²) in [6.07, 6.45) is 1.10. The van der Waals surface area contributed by atoms with E-state index in [1.165, 1.54) is 27.1 Å². The van der Waals surface area contributed by atoms with E-state index in [2.05, 4.69) is 114 Å². The van der Waals surface area contributed by atoms with Crippen LogP contribution in [0.5, 0.6) is 0 Å². The largest absolute Gasteiger partial charge is 0.279 e. The third kappa shape index (κ3) is 2.95. The van der Waals surface area contributed by atoms with E-state index in [4.69, 9.17) is 0 Å². The van der Waals surface area contributed by atoms with Gasteiger partial charge in [-0.2, -0.15) is 0 Å². The second-order valence-corrected chi connectivity index (χ2v) is 8.73. The lowest BCUT2D eigenvalue weighted by Crippen LogP contribution is -2.51. The van der Waals surface area contributed by atoms with Gasteiger partial charge in [-0.05, 0) is 47.0 Å². The van der Waals surface area contributed by atoms with Gasteiger partial charge in [-0.3, -0.25) is 4.90 Å². The van der Waals surface area contributed by atoms with Gasteiger partial charge in [0.2, 0.25) is 0 Å². The highest BCUT2D eigenvalue weighted by atomic mass is 32.1. The number of fused-ring (bicyclic) bond motifs is 1. The summed E-state index contributed by atoms with van der Waals surface area (Å²) in [4.78, 5) is 4.25. The van der Waals surface area contributed by atoms with Crippen molar-refractivity contribution in [2.75, 3.05) is 6.54 Å². The van der Waals surface area contributed by atoms with Gasteiger partial charge < -0.3 is 0 Å². The topological polar surface area (TPSA) is 3.24 Å². The van der Waals surface area contributed by atoms with Gasteiger partial charge in [0.25, 0.3) is 0 Å². The molecule has 1 aliphatic rings. The maximum Gasteiger partial charge on any atom is 0.0978 e. The Labute approximate surface area is 177 Å². The zero-order chi connectivity index (χ0) is 19.7. The Morgan fingerprint density at radius 2 is 1.21 bits per heavy atom. The van der Waals surface area contributed by atoms with E-state index in [1.807, 2.05) is 11.3 Å². The molecule has 1 atom stereocenters. The second kappa shape index (κ2) is 7.62. The average molecular weight is 396 g/mol. The molecule has 0 aliphatic carbocycles. The van der Waals surface area contributed by atoms with Crippen molar-refractivity contribution in [3.63, 3.8) is 0 Å². The first-order valence-electron chi connectivity index (χ1n) is 10.3. The normalized spacial score (nSPS) is 17.1. The van der Waals surface area contributed by atoms with Gasteiger partial charge in [-0.1, -0.05) is 91.0 Å². The van der Waals surface area contributed by atoms with Crippen LogP contribution in [0.2, 0.25) is 0 Å². The maximum absolute atomic E-state index is 2.71. The zero-order valence-electron chi connectivity index (χ0n) is 16.7. The molecular weight excluding hydrogens is 370 g/mol. The van der Waals surface area contributed by atoms with E-state index in [0.717, 1.165) is 13.0 Å². The lowest BCUT2D eigenvalue weighted by molar-refractivity contribution is 0.0993. The van der Waals surface area contributed by atoms with Crippen molar-refractivity contribution in [3.05, 3.63) is 130 Å². The van der Waals surface area contributed by atoms with Crippen LogP contribution in [0.1, 0.15) is 40.1 Å². The van der Waals surface area contributed by atoms with E-state index in [0.29, 0.717) is 6.04 Å². The summed E-state index contributed by atoms with van der Waals surface area (Å²) in [6, 6.07) is 35.7. The first kappa shape index (κ1) is 18.4. The molecule has 0 spiro atoms. The van der Waals surface area contributed by atoms with E-state index in [9.17, 15) is 0 Å². The fourth-order valence-electron chi connectivity index (χ4n) is 5.00. The van der Waals surface area contributed by atoms with Gasteiger partial charge in [0, 0.05) is 17.5 Å². The number of rotatable bonds is 4. The van der Waals surface area contributed by atoms with Crippen molar-refractivity contribution < 1.29 is 0 Å². The van der Waals surface area contributed by atoms with Crippen molar-refractivity contribution in [2.24, 2.45) is 0 Å². The van der Waals surface area contributed by atoms with Crippen LogP contribution >= 0.6 is 11.3 Å². The molecule has 0 fully saturated rings. The van der Waals surface area contributed by atoms with Crippen LogP contribution in [0.15, 0.2) is 102 Å². The highest BCUT2D eigenvalue weighted by Gasteiger charge is 2.45. The molecule has 1 aromatic heterocycles. The van der Waals surface area contributed by atoms with Crippen LogP contribution in [-0.2, 0) is 12.0 Å². The summed E-state index contributed by atoms with van der Waals surface area (Å²) in [5.74, 6) is 0. The molecule has 1 aliphatic heterocycles. The van der Waals surface area contributed by atoms with Crippen LogP contribution in [0.25, 0.3) is 0 Å². The molecule has 0 bridgehead atoms. The lowest BCUT2D eigenvalue weighted by atomic mass is 9.73. The minimum absolute atomic E-state index is 0.331. The van der Waals surface area contributed by atoms with E-state index in [1.54, 1.807) is 0 Å². The fraction of sp³-hybridized carbons (Fsp3) is 0.185. The Morgan fingerprint density at radius 1 is 0.724 bits per heavy atom. The predicted octanol–water partition coefficient (Wildman–Crippen LogP) is 6.66. The molecule has 2 heteroatoms. The predicted molar refractivity (Wildman–Crippen MR) is 122 cm³/mol. The smallest absolute Gasteiger partial charge is 0.0978 e. The number of thiophene rings is 1. The summed E-state index contributed by atoms with van der Waals surface area (Å²) in [5, 5.41) is 2.25. The standard InChI is InChI=1S/C27H25NS/c1-21-25-18-20-29-26(25)17-19-28(21)27(22-11-5-2-6-12-22,23-13-7-3-8-14-23)24-15-9-4-10-16-24/h2-16,18,20-21H,17,19H2,1H3. The van der Waals surface area contributed by atoms with E-state index in [-0.39, 0.29) is 5.54 Å². The zero-order valence-corrected chi connectivity index (χ0v) is 17.5. The van der Waals surface area contributed by atoms with Gasteiger partial charge in [0.1, 0.15) is 0 Å². The van der Waals surface area contributed by atoms with Crippen molar-refractivity contribution >= 4 is 11.3 Å². The highest BCUT2D eigenvalue weighted by Crippen LogP contribution is 2.48. The van der Waals surface area contributed by atoms with Crippen LogP contribution in [0.4, 0.5) is 0 Å². The molecule has 0 N–H and O–H groups in total. The van der Waals surface area contributed by atoms with Crippen molar-refractivity contribution in [3.8, 4) is 0 Å². The van der Waals surface area contributed by atoms with Crippen molar-refractivity contribution in [2.45, 2.75) is 24.9 Å². The third-order valence-electron chi connectivity index (χ3n) is 6.28. The summed E-state index contributed by atoms with van der Waals surface area (Å²) >= 11 is 1.90. The summed E-state index contributed by atoms with van der Waals surface area (Å²) in [5.41, 5.74) is 5.12. The molecule has 29 heavy (non-hydrogen) atoms. The Bertz CT molecular complexity index is 973. The number of benzene rings is 3. The molecule has 0 saturated heterocycles. The van der Waals surface area contributed by atoms with Crippen molar-refractivity contribution in [1.29, 1.82) is 0 Å². The van der Waals surface area contributed by atoms with Crippen LogP contribution in [0, 0.1) is 0 Å². The van der Waals surface area contributed by atoms with E-state index < -0.39 is 0 Å². The quantitative estimate of drug-likeness (QED) is 0.349. The molecule has 3 aromatic carbocycles. The van der Waals surface area contributed by atoms with Gasteiger partial charge >= 0.3 is 0 Å². The van der Waals surface area contributed by atoms with Crippen LogP contribution < -0.4 is 0 Å².